The van der Waals surface area contributed by atoms with Gasteiger partial charge in [0.05, 0.1) is 6.54 Å². The Morgan fingerprint density at radius 3 is 2.52 bits per heavy atom. The molecule has 1 aliphatic heterocycles. The molecule has 1 unspecified atom stereocenters. The van der Waals surface area contributed by atoms with Gasteiger partial charge in [-0.3, -0.25) is 4.99 Å². The van der Waals surface area contributed by atoms with Gasteiger partial charge in [0.2, 0.25) is 0 Å². The maximum atomic E-state index is 12.5. The lowest BCUT2D eigenvalue weighted by Gasteiger charge is -2.35. The molecule has 0 amide bonds. The molecule has 0 bridgehead atoms. The zero-order chi connectivity index (χ0) is 18.6. The number of nitrogens with one attached hydrogen (secondary N) is 1. The van der Waals surface area contributed by atoms with Crippen LogP contribution >= 0.6 is 0 Å². The predicted molar refractivity (Wildman–Crippen MR) is 103 cm³/mol. The van der Waals surface area contributed by atoms with E-state index in [4.69, 9.17) is 5.73 Å². The summed E-state index contributed by atoms with van der Waals surface area (Å²) in [4.78, 5) is 4.38. The zero-order valence-corrected chi connectivity index (χ0v) is 16.3. The van der Waals surface area contributed by atoms with Gasteiger partial charge in [-0.1, -0.05) is 12.5 Å². The summed E-state index contributed by atoms with van der Waals surface area (Å²) in [5.74, 6) is 0.303. The number of aryl methyl sites for hydroxylation is 2. The predicted octanol–water partition coefficient (Wildman–Crippen LogP) is 1.69. The van der Waals surface area contributed by atoms with E-state index in [0.717, 1.165) is 36.1 Å². The Morgan fingerprint density at radius 2 is 1.92 bits per heavy atom. The van der Waals surface area contributed by atoms with E-state index in [9.17, 15) is 8.42 Å². The first-order valence-corrected chi connectivity index (χ1v) is 9.94. The van der Waals surface area contributed by atoms with E-state index in [0.29, 0.717) is 19.0 Å². The summed E-state index contributed by atoms with van der Waals surface area (Å²) in [7, 11) is -0.319. The van der Waals surface area contributed by atoms with Crippen LogP contribution in [0.3, 0.4) is 0 Å². The second-order valence-electron chi connectivity index (χ2n) is 6.78. The van der Waals surface area contributed by atoms with Gasteiger partial charge < -0.3 is 11.1 Å². The fourth-order valence-corrected chi connectivity index (χ4v) is 4.44. The highest BCUT2D eigenvalue weighted by molar-refractivity contribution is 7.86. The first-order valence-electron chi connectivity index (χ1n) is 8.54. The van der Waals surface area contributed by atoms with E-state index in [2.05, 4.69) is 16.4 Å². The Labute approximate surface area is 151 Å². The summed E-state index contributed by atoms with van der Waals surface area (Å²) in [6, 6.07) is 5.93. The van der Waals surface area contributed by atoms with Crippen LogP contribution in [0.2, 0.25) is 0 Å². The molecule has 1 atom stereocenters. The number of guanidine groups is 1. The van der Waals surface area contributed by atoms with E-state index in [-0.39, 0.29) is 6.04 Å². The molecule has 1 saturated heterocycles. The number of piperidine rings is 1. The smallest absolute Gasteiger partial charge is 0.281 e. The monoisotopic (exact) mass is 367 g/mol. The van der Waals surface area contributed by atoms with Crippen LogP contribution in [0.4, 0.5) is 5.69 Å². The molecule has 3 N–H and O–H groups in total. The Hall–Kier alpha value is -1.64. The largest absolute Gasteiger partial charge is 0.370 e. The molecule has 25 heavy (non-hydrogen) atoms. The molecule has 1 aromatic carbocycles. The Kier molecular flexibility index (Phi) is 6.42. The van der Waals surface area contributed by atoms with E-state index < -0.39 is 10.2 Å². The number of hydrogen-bond donors (Lipinski definition) is 2. The second-order valence-corrected chi connectivity index (χ2v) is 8.87. The van der Waals surface area contributed by atoms with Gasteiger partial charge in [0.15, 0.2) is 5.96 Å². The van der Waals surface area contributed by atoms with Crippen molar-refractivity contribution in [2.24, 2.45) is 10.7 Å². The van der Waals surface area contributed by atoms with Crippen molar-refractivity contribution in [3.63, 3.8) is 0 Å². The van der Waals surface area contributed by atoms with Crippen molar-refractivity contribution in [3.05, 3.63) is 29.3 Å². The minimum Gasteiger partial charge on any atom is -0.370 e. The van der Waals surface area contributed by atoms with Crippen LogP contribution < -0.4 is 11.1 Å². The zero-order valence-electron chi connectivity index (χ0n) is 15.5. The normalized spacial score (nSPS) is 20.0. The SMILES string of the molecule is Cc1cc(C)cc(NC(N)=NCC2CCCCN2S(=O)(=O)N(C)C)c1. The third-order valence-corrected chi connectivity index (χ3v) is 6.29. The van der Waals surface area contributed by atoms with Crippen LogP contribution in [0.15, 0.2) is 23.2 Å². The fourth-order valence-electron chi connectivity index (χ4n) is 3.11. The fraction of sp³-hybridized carbons (Fsp3) is 0.588. The van der Waals surface area contributed by atoms with E-state index in [1.807, 2.05) is 26.0 Å². The van der Waals surface area contributed by atoms with Gasteiger partial charge in [-0.05, 0) is 49.9 Å². The summed E-state index contributed by atoms with van der Waals surface area (Å²) < 4.78 is 27.7. The molecule has 0 aromatic heterocycles. The van der Waals surface area contributed by atoms with Gasteiger partial charge in [-0.2, -0.15) is 17.0 Å². The van der Waals surface area contributed by atoms with Crippen molar-refractivity contribution in [3.8, 4) is 0 Å². The summed E-state index contributed by atoms with van der Waals surface area (Å²) in [6.45, 7) is 4.94. The summed E-state index contributed by atoms with van der Waals surface area (Å²) in [6.07, 6.45) is 2.68. The standard InChI is InChI=1S/C17H29N5O2S/c1-13-9-14(2)11-15(10-13)20-17(18)19-12-16-7-5-6-8-22(16)25(23,24)21(3)4/h9-11,16H,5-8,12H2,1-4H3,(H3,18,19,20). The number of nitrogens with two attached hydrogens (primary N) is 1. The Bertz CT molecular complexity index is 710. The van der Waals surface area contributed by atoms with E-state index >= 15 is 0 Å². The maximum Gasteiger partial charge on any atom is 0.281 e. The molecule has 1 heterocycles. The van der Waals surface area contributed by atoms with E-state index in [1.165, 1.54) is 4.31 Å². The minimum absolute atomic E-state index is 0.152. The Balaban J connectivity index is 2.07. The highest BCUT2D eigenvalue weighted by Gasteiger charge is 2.33. The molecule has 8 heteroatoms. The van der Waals surface area contributed by atoms with Gasteiger partial charge in [0, 0.05) is 32.4 Å². The molecule has 140 valence electrons. The van der Waals surface area contributed by atoms with Crippen molar-refractivity contribution in [2.75, 3.05) is 32.5 Å². The molecule has 1 fully saturated rings. The number of anilines is 1. The lowest BCUT2D eigenvalue weighted by Crippen LogP contribution is -2.50. The van der Waals surface area contributed by atoms with Crippen molar-refractivity contribution in [1.29, 1.82) is 0 Å². The molecule has 0 aliphatic carbocycles. The second kappa shape index (κ2) is 8.16. The number of hydrogen-bond acceptors (Lipinski definition) is 3. The van der Waals surface area contributed by atoms with Gasteiger partial charge in [-0.15, -0.1) is 0 Å². The molecule has 1 aliphatic rings. The molecular formula is C17H29N5O2S. The molecule has 0 saturated carbocycles. The van der Waals surface area contributed by atoms with Crippen LogP contribution in [-0.2, 0) is 10.2 Å². The average Bonchev–Trinajstić information content (AvgIpc) is 2.52. The number of benzene rings is 1. The van der Waals surface area contributed by atoms with Gasteiger partial charge in [0.25, 0.3) is 10.2 Å². The summed E-state index contributed by atoms with van der Waals surface area (Å²) >= 11 is 0. The maximum absolute atomic E-state index is 12.5. The quantitative estimate of drug-likeness (QED) is 0.612. The molecule has 0 spiro atoms. The van der Waals surface area contributed by atoms with Crippen LogP contribution in [0, 0.1) is 13.8 Å². The van der Waals surface area contributed by atoms with Crippen molar-refractivity contribution < 1.29 is 8.42 Å². The van der Waals surface area contributed by atoms with E-state index in [1.54, 1.807) is 18.4 Å². The molecule has 2 rings (SSSR count). The third kappa shape index (κ3) is 5.17. The number of nitrogens with zero attached hydrogens (tertiary/aromatic N) is 3. The molecule has 1 aromatic rings. The highest BCUT2D eigenvalue weighted by atomic mass is 32.2. The van der Waals surface area contributed by atoms with Crippen molar-refractivity contribution >= 4 is 21.9 Å². The topological polar surface area (TPSA) is 91.0 Å². The minimum atomic E-state index is -3.43. The number of aliphatic imine (C=N–C) groups is 1. The first-order chi connectivity index (χ1) is 11.7. The lowest BCUT2D eigenvalue weighted by molar-refractivity contribution is 0.245. The lowest BCUT2D eigenvalue weighted by atomic mass is 10.1. The summed E-state index contributed by atoms with van der Waals surface area (Å²) in [5, 5.41) is 3.09. The highest BCUT2D eigenvalue weighted by Crippen LogP contribution is 2.22. The van der Waals surface area contributed by atoms with Crippen LogP contribution in [0.25, 0.3) is 0 Å². The Morgan fingerprint density at radius 1 is 1.28 bits per heavy atom. The molecule has 7 nitrogen and oxygen atoms in total. The van der Waals surface area contributed by atoms with Crippen molar-refractivity contribution in [2.45, 2.75) is 39.2 Å². The third-order valence-electron chi connectivity index (χ3n) is 4.30. The van der Waals surface area contributed by atoms with Crippen LogP contribution in [-0.4, -0.2) is 56.2 Å². The van der Waals surface area contributed by atoms with Crippen LogP contribution in [0.5, 0.6) is 0 Å². The van der Waals surface area contributed by atoms with Crippen molar-refractivity contribution in [1.82, 2.24) is 8.61 Å². The average molecular weight is 368 g/mol. The van der Waals surface area contributed by atoms with Crippen LogP contribution in [0.1, 0.15) is 30.4 Å². The molecule has 0 radical (unpaired) electrons. The molecular weight excluding hydrogens is 338 g/mol. The first kappa shape index (κ1) is 19.7. The van der Waals surface area contributed by atoms with Gasteiger partial charge >= 0.3 is 0 Å². The summed E-state index contributed by atoms with van der Waals surface area (Å²) in [5.41, 5.74) is 9.18. The van der Waals surface area contributed by atoms with Gasteiger partial charge in [0.1, 0.15) is 0 Å². The number of rotatable bonds is 5. The van der Waals surface area contributed by atoms with Gasteiger partial charge in [-0.25, -0.2) is 0 Å².